The molecule has 1 aliphatic heterocycles. The summed E-state index contributed by atoms with van der Waals surface area (Å²) in [6, 6.07) is 21.6. The van der Waals surface area contributed by atoms with Crippen molar-refractivity contribution in [1.82, 2.24) is 9.78 Å². The van der Waals surface area contributed by atoms with Crippen LogP contribution < -0.4 is 5.32 Å². The largest absolute Gasteiger partial charge is 0.370 e. The molecule has 0 atom stereocenters. The van der Waals surface area contributed by atoms with Gasteiger partial charge >= 0.3 is 0 Å². The zero-order chi connectivity index (χ0) is 19.1. The van der Waals surface area contributed by atoms with Crippen LogP contribution in [0.3, 0.4) is 0 Å². The lowest BCUT2D eigenvalue weighted by Gasteiger charge is -2.13. The zero-order valence-corrected chi connectivity index (χ0v) is 16.5. The maximum Gasteiger partial charge on any atom is 0.133 e. The van der Waals surface area contributed by atoms with E-state index in [9.17, 15) is 0 Å². The minimum Gasteiger partial charge on any atom is -0.370 e. The molecule has 28 heavy (non-hydrogen) atoms. The molecule has 0 saturated heterocycles. The highest BCUT2D eigenvalue weighted by Gasteiger charge is 2.23. The quantitative estimate of drug-likeness (QED) is 0.467. The fourth-order valence-corrected chi connectivity index (χ4v) is 4.29. The second kappa shape index (κ2) is 6.83. The Morgan fingerprint density at radius 2 is 1.71 bits per heavy atom. The van der Waals surface area contributed by atoms with Gasteiger partial charge in [-0.1, -0.05) is 54.6 Å². The number of rotatable bonds is 2. The molecule has 0 radical (unpaired) electrons. The molecule has 0 aliphatic carbocycles. The minimum absolute atomic E-state index is 0.999. The molecule has 0 amide bonds. The smallest absolute Gasteiger partial charge is 0.133 e. The first-order valence-electron chi connectivity index (χ1n) is 10.1. The van der Waals surface area contributed by atoms with Crippen LogP contribution in [0.2, 0.25) is 0 Å². The van der Waals surface area contributed by atoms with Gasteiger partial charge < -0.3 is 5.32 Å². The van der Waals surface area contributed by atoms with Gasteiger partial charge in [0.05, 0.1) is 11.4 Å². The first kappa shape index (κ1) is 17.1. The predicted molar refractivity (Wildman–Crippen MR) is 117 cm³/mol. The monoisotopic (exact) mass is 367 g/mol. The Hall–Kier alpha value is -3.07. The number of benzene rings is 3. The lowest BCUT2D eigenvalue weighted by molar-refractivity contribution is 0.779. The van der Waals surface area contributed by atoms with Gasteiger partial charge in [0.2, 0.25) is 0 Å². The van der Waals surface area contributed by atoms with Crippen LogP contribution in [0.5, 0.6) is 0 Å². The first-order valence-corrected chi connectivity index (χ1v) is 10.1. The summed E-state index contributed by atoms with van der Waals surface area (Å²) >= 11 is 0. The third-order valence-electron chi connectivity index (χ3n) is 5.98. The fourth-order valence-electron chi connectivity index (χ4n) is 4.29. The zero-order valence-electron chi connectivity index (χ0n) is 16.5. The van der Waals surface area contributed by atoms with E-state index < -0.39 is 0 Å². The van der Waals surface area contributed by atoms with Crippen LogP contribution in [0.15, 0.2) is 60.7 Å². The van der Waals surface area contributed by atoms with Crippen LogP contribution >= 0.6 is 0 Å². The van der Waals surface area contributed by atoms with E-state index in [2.05, 4.69) is 84.5 Å². The maximum atomic E-state index is 5.18. The SMILES string of the molecule is Cc1cccc(-n2nc(-c3cccc4ccccc34)c3c2NCCCC3)c1C. The second-order valence-corrected chi connectivity index (χ2v) is 7.72. The summed E-state index contributed by atoms with van der Waals surface area (Å²) in [6.07, 6.45) is 3.44. The number of fused-ring (bicyclic) bond motifs is 2. The van der Waals surface area contributed by atoms with E-state index in [0.717, 1.165) is 30.2 Å². The van der Waals surface area contributed by atoms with Crippen molar-refractivity contribution in [2.75, 3.05) is 11.9 Å². The van der Waals surface area contributed by atoms with E-state index >= 15 is 0 Å². The van der Waals surface area contributed by atoms with Crippen molar-refractivity contribution >= 4 is 16.6 Å². The summed E-state index contributed by atoms with van der Waals surface area (Å²) in [5.74, 6) is 1.16. The van der Waals surface area contributed by atoms with Crippen molar-refractivity contribution in [2.45, 2.75) is 33.1 Å². The molecule has 0 saturated carbocycles. The highest BCUT2D eigenvalue weighted by atomic mass is 15.3. The van der Waals surface area contributed by atoms with Crippen molar-refractivity contribution < 1.29 is 0 Å². The number of nitrogens with one attached hydrogen (secondary N) is 1. The lowest BCUT2D eigenvalue weighted by Crippen LogP contribution is -2.08. The molecule has 0 fully saturated rings. The third-order valence-corrected chi connectivity index (χ3v) is 5.98. The molecule has 3 aromatic carbocycles. The summed E-state index contributed by atoms with van der Waals surface area (Å²) in [4.78, 5) is 0. The maximum absolute atomic E-state index is 5.18. The number of nitrogens with zero attached hydrogens (tertiary/aromatic N) is 2. The molecular weight excluding hydrogens is 342 g/mol. The molecule has 3 nitrogen and oxygen atoms in total. The molecule has 1 N–H and O–H groups in total. The molecule has 5 rings (SSSR count). The minimum atomic E-state index is 0.999. The number of aromatic nitrogens is 2. The number of hydrogen-bond donors (Lipinski definition) is 1. The Balaban J connectivity index is 1.80. The first-order chi connectivity index (χ1) is 13.7. The molecule has 3 heteroatoms. The van der Waals surface area contributed by atoms with Crippen molar-refractivity contribution in [3.05, 3.63) is 77.4 Å². The van der Waals surface area contributed by atoms with Gasteiger partial charge in [0.1, 0.15) is 5.82 Å². The highest BCUT2D eigenvalue weighted by molar-refractivity contribution is 5.97. The molecule has 1 aromatic heterocycles. The van der Waals surface area contributed by atoms with E-state index in [1.54, 1.807) is 0 Å². The lowest BCUT2D eigenvalue weighted by atomic mass is 9.98. The van der Waals surface area contributed by atoms with Crippen LogP contribution in [0, 0.1) is 13.8 Å². The van der Waals surface area contributed by atoms with E-state index in [-0.39, 0.29) is 0 Å². The molecule has 0 unspecified atom stereocenters. The fraction of sp³-hybridized carbons (Fsp3) is 0.240. The van der Waals surface area contributed by atoms with Gasteiger partial charge in [0.25, 0.3) is 0 Å². The second-order valence-electron chi connectivity index (χ2n) is 7.72. The van der Waals surface area contributed by atoms with Gasteiger partial charge in [-0.3, -0.25) is 0 Å². The van der Waals surface area contributed by atoms with Gasteiger partial charge in [0.15, 0.2) is 0 Å². The van der Waals surface area contributed by atoms with Crippen molar-refractivity contribution in [3.63, 3.8) is 0 Å². The van der Waals surface area contributed by atoms with Gasteiger partial charge in [-0.05, 0) is 61.1 Å². The Bertz CT molecular complexity index is 1160. The topological polar surface area (TPSA) is 29.9 Å². The van der Waals surface area contributed by atoms with Crippen LogP contribution in [0.25, 0.3) is 27.7 Å². The van der Waals surface area contributed by atoms with Crippen molar-refractivity contribution in [2.24, 2.45) is 0 Å². The van der Waals surface area contributed by atoms with Gasteiger partial charge in [0, 0.05) is 17.7 Å². The Morgan fingerprint density at radius 3 is 2.64 bits per heavy atom. The summed E-state index contributed by atoms with van der Waals surface area (Å²) in [5, 5.41) is 11.4. The Morgan fingerprint density at radius 1 is 0.893 bits per heavy atom. The molecule has 0 spiro atoms. The average Bonchev–Trinajstić information content (AvgIpc) is 2.90. The summed E-state index contributed by atoms with van der Waals surface area (Å²) in [6.45, 7) is 5.35. The predicted octanol–water partition coefficient (Wildman–Crippen LogP) is 6.06. The van der Waals surface area contributed by atoms with Crippen LogP contribution in [-0.2, 0) is 6.42 Å². The molecular formula is C25H25N3. The van der Waals surface area contributed by atoms with E-state index in [1.807, 2.05) is 0 Å². The van der Waals surface area contributed by atoms with Crippen LogP contribution in [-0.4, -0.2) is 16.3 Å². The number of anilines is 1. The molecule has 140 valence electrons. The summed E-state index contributed by atoms with van der Waals surface area (Å²) < 4.78 is 2.14. The van der Waals surface area contributed by atoms with E-state index in [1.165, 1.54) is 45.9 Å². The number of hydrogen-bond acceptors (Lipinski definition) is 2. The normalized spacial score (nSPS) is 13.8. The molecule has 2 heterocycles. The standard InChI is InChI=1S/C25H25N3/c1-17-9-7-15-23(18(17)2)28-25-22(13-5-6-16-26-25)24(27-28)21-14-8-11-19-10-3-4-12-20(19)21/h3-4,7-12,14-15,26H,5-6,13,16H2,1-2H3. The van der Waals surface area contributed by atoms with Gasteiger partial charge in [-0.25, -0.2) is 4.68 Å². The molecule has 4 aromatic rings. The van der Waals surface area contributed by atoms with Crippen LogP contribution in [0.4, 0.5) is 5.82 Å². The average molecular weight is 367 g/mol. The van der Waals surface area contributed by atoms with Crippen molar-refractivity contribution in [3.8, 4) is 16.9 Å². The number of aryl methyl sites for hydroxylation is 1. The van der Waals surface area contributed by atoms with Gasteiger partial charge in [-0.15, -0.1) is 0 Å². The summed E-state index contributed by atoms with van der Waals surface area (Å²) in [7, 11) is 0. The Kier molecular flexibility index (Phi) is 4.16. The van der Waals surface area contributed by atoms with Crippen molar-refractivity contribution in [1.29, 1.82) is 0 Å². The summed E-state index contributed by atoms with van der Waals surface area (Å²) in [5.41, 5.74) is 7.42. The van der Waals surface area contributed by atoms with E-state index in [4.69, 9.17) is 5.10 Å². The van der Waals surface area contributed by atoms with Gasteiger partial charge in [-0.2, -0.15) is 5.10 Å². The van der Waals surface area contributed by atoms with E-state index in [0.29, 0.717) is 0 Å². The highest BCUT2D eigenvalue weighted by Crippen LogP contribution is 2.37. The van der Waals surface area contributed by atoms with Crippen LogP contribution in [0.1, 0.15) is 29.5 Å². The Labute approximate surface area is 166 Å². The molecule has 0 bridgehead atoms. The molecule has 1 aliphatic rings. The third kappa shape index (κ3) is 2.70.